The summed E-state index contributed by atoms with van der Waals surface area (Å²) in [5.74, 6) is 0. The van der Waals surface area contributed by atoms with E-state index in [4.69, 9.17) is 0 Å². The second-order valence-electron chi connectivity index (χ2n) is 4.60. The third-order valence-corrected chi connectivity index (χ3v) is 3.83. The molecule has 3 heteroatoms. The fraction of sp³-hybridized carbons (Fsp3) is 0.786. The van der Waals surface area contributed by atoms with Gasteiger partial charge in [-0.05, 0) is 19.9 Å². The van der Waals surface area contributed by atoms with Crippen molar-refractivity contribution in [3.63, 3.8) is 0 Å². The van der Waals surface area contributed by atoms with Gasteiger partial charge in [0.15, 0.2) is 0 Å². The summed E-state index contributed by atoms with van der Waals surface area (Å²) in [6.07, 6.45) is 7.98. The summed E-state index contributed by atoms with van der Waals surface area (Å²) in [6.45, 7) is 7.54. The molecule has 0 bridgehead atoms. The summed E-state index contributed by atoms with van der Waals surface area (Å²) in [7, 11) is 0. The Bertz CT molecular complexity index is 296. The fourth-order valence-electron chi connectivity index (χ4n) is 2.09. The second kappa shape index (κ2) is 8.65. The molecule has 2 nitrogen and oxygen atoms in total. The number of rotatable bonds is 9. The number of nitrogens with zero attached hydrogens (tertiary/aromatic N) is 1. The summed E-state index contributed by atoms with van der Waals surface area (Å²) in [5, 5.41) is 6.93. The van der Waals surface area contributed by atoms with Gasteiger partial charge in [0.1, 0.15) is 0 Å². The molecule has 1 rings (SSSR count). The number of hydrogen-bond acceptors (Lipinski definition) is 3. The molecule has 0 aromatic carbocycles. The van der Waals surface area contributed by atoms with Crippen LogP contribution in [0, 0.1) is 6.92 Å². The summed E-state index contributed by atoms with van der Waals surface area (Å²) in [6, 6.07) is 0.464. The standard InChI is InChI=1S/C14H26N2S/c1-4-6-7-8-9-10-13(15-5-2)14-11-17-12(3)16-14/h11,13,15H,4-10H2,1-3H3. The van der Waals surface area contributed by atoms with E-state index in [9.17, 15) is 0 Å². The Balaban J connectivity index is 2.33. The van der Waals surface area contributed by atoms with Gasteiger partial charge >= 0.3 is 0 Å². The molecule has 0 saturated carbocycles. The van der Waals surface area contributed by atoms with E-state index in [1.165, 1.54) is 49.2 Å². The van der Waals surface area contributed by atoms with Crippen molar-refractivity contribution in [3.05, 3.63) is 16.1 Å². The highest BCUT2D eigenvalue weighted by Gasteiger charge is 2.12. The van der Waals surface area contributed by atoms with Gasteiger partial charge in [-0.2, -0.15) is 0 Å². The van der Waals surface area contributed by atoms with Crippen molar-refractivity contribution in [2.45, 2.75) is 65.3 Å². The number of aromatic nitrogens is 1. The third-order valence-electron chi connectivity index (χ3n) is 3.04. The summed E-state index contributed by atoms with van der Waals surface area (Å²) in [4.78, 5) is 4.60. The van der Waals surface area contributed by atoms with E-state index < -0.39 is 0 Å². The predicted molar refractivity (Wildman–Crippen MR) is 76.6 cm³/mol. The van der Waals surface area contributed by atoms with Crippen LogP contribution in [0.1, 0.15) is 69.1 Å². The lowest BCUT2D eigenvalue weighted by molar-refractivity contribution is 0.471. The van der Waals surface area contributed by atoms with Crippen LogP contribution in [0.2, 0.25) is 0 Å². The molecule has 1 atom stereocenters. The van der Waals surface area contributed by atoms with Crippen LogP contribution >= 0.6 is 11.3 Å². The van der Waals surface area contributed by atoms with E-state index in [1.54, 1.807) is 11.3 Å². The normalized spacial score (nSPS) is 12.9. The Morgan fingerprint density at radius 3 is 2.59 bits per heavy atom. The first-order valence-electron chi connectivity index (χ1n) is 6.93. The molecule has 0 amide bonds. The molecule has 0 aliphatic heterocycles. The molecule has 98 valence electrons. The average molecular weight is 254 g/mol. The van der Waals surface area contributed by atoms with Gasteiger partial charge in [-0.3, -0.25) is 0 Å². The van der Waals surface area contributed by atoms with E-state index in [1.807, 2.05) is 0 Å². The number of unbranched alkanes of at least 4 members (excludes halogenated alkanes) is 4. The molecule has 1 aromatic rings. The highest BCUT2D eigenvalue weighted by Crippen LogP contribution is 2.21. The van der Waals surface area contributed by atoms with E-state index in [2.05, 4.69) is 36.5 Å². The zero-order valence-corrected chi connectivity index (χ0v) is 12.3. The van der Waals surface area contributed by atoms with Gasteiger partial charge in [-0.1, -0.05) is 46.0 Å². The molecule has 1 unspecified atom stereocenters. The maximum Gasteiger partial charge on any atom is 0.0898 e. The first kappa shape index (κ1) is 14.7. The largest absolute Gasteiger partial charge is 0.309 e. The lowest BCUT2D eigenvalue weighted by Gasteiger charge is -2.15. The van der Waals surface area contributed by atoms with E-state index >= 15 is 0 Å². The zero-order chi connectivity index (χ0) is 12.5. The maximum atomic E-state index is 4.60. The maximum absolute atomic E-state index is 4.60. The molecule has 1 aromatic heterocycles. The van der Waals surface area contributed by atoms with Crippen molar-refractivity contribution in [2.24, 2.45) is 0 Å². The van der Waals surface area contributed by atoms with Crippen molar-refractivity contribution >= 4 is 11.3 Å². The molecule has 0 radical (unpaired) electrons. The van der Waals surface area contributed by atoms with Gasteiger partial charge in [0.2, 0.25) is 0 Å². The highest BCUT2D eigenvalue weighted by atomic mass is 32.1. The van der Waals surface area contributed by atoms with Crippen LogP contribution in [-0.2, 0) is 0 Å². The van der Waals surface area contributed by atoms with Gasteiger partial charge in [0.25, 0.3) is 0 Å². The van der Waals surface area contributed by atoms with Crippen LogP contribution < -0.4 is 5.32 Å². The van der Waals surface area contributed by atoms with Crippen LogP contribution in [0.4, 0.5) is 0 Å². The molecule has 0 aliphatic carbocycles. The van der Waals surface area contributed by atoms with E-state index in [0.29, 0.717) is 6.04 Å². The molecule has 0 fully saturated rings. The minimum Gasteiger partial charge on any atom is -0.309 e. The Morgan fingerprint density at radius 2 is 2.00 bits per heavy atom. The molecular formula is C14H26N2S. The molecular weight excluding hydrogens is 228 g/mol. The summed E-state index contributed by atoms with van der Waals surface area (Å²) in [5.41, 5.74) is 1.24. The molecule has 1 heterocycles. The van der Waals surface area contributed by atoms with Crippen molar-refractivity contribution in [2.75, 3.05) is 6.54 Å². The molecule has 0 aliphatic rings. The van der Waals surface area contributed by atoms with Crippen LogP contribution in [0.25, 0.3) is 0 Å². The van der Waals surface area contributed by atoms with Crippen LogP contribution in [0.3, 0.4) is 0 Å². The van der Waals surface area contributed by atoms with Gasteiger partial charge in [-0.25, -0.2) is 4.98 Å². The van der Waals surface area contributed by atoms with Crippen molar-refractivity contribution in [3.8, 4) is 0 Å². The van der Waals surface area contributed by atoms with Gasteiger partial charge in [0.05, 0.1) is 16.7 Å². The minimum absolute atomic E-state index is 0.464. The Kier molecular flexibility index (Phi) is 7.45. The van der Waals surface area contributed by atoms with Gasteiger partial charge in [0, 0.05) is 5.38 Å². The number of aryl methyl sites for hydroxylation is 1. The zero-order valence-electron chi connectivity index (χ0n) is 11.5. The Labute approximate surface area is 110 Å². The van der Waals surface area contributed by atoms with Crippen molar-refractivity contribution < 1.29 is 0 Å². The quantitative estimate of drug-likeness (QED) is 0.658. The SMILES string of the molecule is CCCCCCCC(NCC)c1csc(C)n1. The molecule has 0 spiro atoms. The Morgan fingerprint density at radius 1 is 1.24 bits per heavy atom. The first-order valence-corrected chi connectivity index (χ1v) is 7.81. The topological polar surface area (TPSA) is 24.9 Å². The van der Waals surface area contributed by atoms with Crippen LogP contribution in [0.5, 0.6) is 0 Å². The predicted octanol–water partition coefficient (Wildman–Crippen LogP) is 4.46. The minimum atomic E-state index is 0.464. The summed E-state index contributed by atoms with van der Waals surface area (Å²) >= 11 is 1.75. The molecule has 0 saturated heterocycles. The molecule has 1 N–H and O–H groups in total. The lowest BCUT2D eigenvalue weighted by Crippen LogP contribution is -2.21. The number of thiazole rings is 1. The van der Waals surface area contributed by atoms with Gasteiger partial charge < -0.3 is 5.32 Å². The number of nitrogens with one attached hydrogen (secondary N) is 1. The average Bonchev–Trinajstić information content (AvgIpc) is 2.74. The first-order chi connectivity index (χ1) is 8.27. The fourth-order valence-corrected chi connectivity index (χ4v) is 2.76. The number of hydrogen-bond donors (Lipinski definition) is 1. The monoisotopic (exact) mass is 254 g/mol. The molecule has 17 heavy (non-hydrogen) atoms. The smallest absolute Gasteiger partial charge is 0.0898 e. The van der Waals surface area contributed by atoms with Crippen LogP contribution in [0.15, 0.2) is 5.38 Å². The highest BCUT2D eigenvalue weighted by molar-refractivity contribution is 7.09. The van der Waals surface area contributed by atoms with Crippen molar-refractivity contribution in [1.29, 1.82) is 0 Å². The Hall–Kier alpha value is -0.410. The van der Waals surface area contributed by atoms with Gasteiger partial charge in [-0.15, -0.1) is 11.3 Å². The van der Waals surface area contributed by atoms with E-state index in [-0.39, 0.29) is 0 Å². The van der Waals surface area contributed by atoms with Crippen molar-refractivity contribution in [1.82, 2.24) is 10.3 Å². The lowest BCUT2D eigenvalue weighted by atomic mass is 10.0. The third kappa shape index (κ3) is 5.64. The van der Waals surface area contributed by atoms with E-state index in [0.717, 1.165) is 6.54 Å². The van der Waals surface area contributed by atoms with Crippen LogP contribution in [-0.4, -0.2) is 11.5 Å². The second-order valence-corrected chi connectivity index (χ2v) is 5.67. The summed E-state index contributed by atoms with van der Waals surface area (Å²) < 4.78 is 0.